The molecule has 1 atom stereocenters. The van der Waals surface area contributed by atoms with Gasteiger partial charge in [0.05, 0.1) is 0 Å². The summed E-state index contributed by atoms with van der Waals surface area (Å²) in [5, 5.41) is 17.3. The van der Waals surface area contributed by atoms with Crippen LogP contribution >= 0.6 is 0 Å². The fourth-order valence-corrected chi connectivity index (χ4v) is 0.738. The molecule has 4 N–H and O–H groups in total. The molecule has 0 rings (SSSR count). The summed E-state index contributed by atoms with van der Waals surface area (Å²) in [6.07, 6.45) is 0. The second-order valence-electron chi connectivity index (χ2n) is 2.56. The second kappa shape index (κ2) is 3.87. The van der Waals surface area contributed by atoms with Gasteiger partial charge in [-0.2, -0.15) is 0 Å². The highest BCUT2D eigenvalue weighted by Gasteiger charge is 2.24. The highest BCUT2D eigenvalue weighted by Crippen LogP contribution is 2.16. The van der Waals surface area contributed by atoms with Crippen LogP contribution in [0.1, 0.15) is 13.8 Å². The molecule has 0 aromatic rings. The SMILES string of the molecule is CC(C)C(CN)B(O)O. The Morgan fingerprint density at radius 2 is 1.89 bits per heavy atom. The van der Waals surface area contributed by atoms with Crippen LogP contribution in [-0.2, 0) is 0 Å². The van der Waals surface area contributed by atoms with Crippen molar-refractivity contribution in [3.63, 3.8) is 0 Å². The van der Waals surface area contributed by atoms with Crippen molar-refractivity contribution in [2.45, 2.75) is 19.7 Å². The molecule has 0 aliphatic carbocycles. The first-order chi connectivity index (χ1) is 4.09. The van der Waals surface area contributed by atoms with E-state index in [1.54, 1.807) is 0 Å². The third kappa shape index (κ3) is 2.84. The van der Waals surface area contributed by atoms with Gasteiger partial charge in [0, 0.05) is 5.82 Å². The highest BCUT2D eigenvalue weighted by atomic mass is 16.4. The van der Waals surface area contributed by atoms with E-state index >= 15 is 0 Å². The summed E-state index contributed by atoms with van der Waals surface area (Å²) >= 11 is 0. The van der Waals surface area contributed by atoms with E-state index in [0.717, 1.165) is 0 Å². The van der Waals surface area contributed by atoms with Gasteiger partial charge in [0.1, 0.15) is 0 Å². The topological polar surface area (TPSA) is 66.5 Å². The van der Waals surface area contributed by atoms with Crippen molar-refractivity contribution in [1.29, 1.82) is 0 Å². The van der Waals surface area contributed by atoms with Crippen LogP contribution < -0.4 is 5.73 Å². The quantitative estimate of drug-likeness (QED) is 0.450. The van der Waals surface area contributed by atoms with E-state index in [4.69, 9.17) is 15.8 Å². The van der Waals surface area contributed by atoms with Crippen LogP contribution in [0.2, 0.25) is 5.82 Å². The van der Waals surface area contributed by atoms with Crippen molar-refractivity contribution >= 4 is 7.12 Å². The zero-order chi connectivity index (χ0) is 7.44. The number of hydrogen-bond donors (Lipinski definition) is 3. The van der Waals surface area contributed by atoms with Gasteiger partial charge < -0.3 is 15.8 Å². The molecule has 3 nitrogen and oxygen atoms in total. The van der Waals surface area contributed by atoms with Gasteiger partial charge in [-0.3, -0.25) is 0 Å². The van der Waals surface area contributed by atoms with Crippen LogP contribution in [0.25, 0.3) is 0 Å². The van der Waals surface area contributed by atoms with Crippen LogP contribution in [0.15, 0.2) is 0 Å². The summed E-state index contributed by atoms with van der Waals surface area (Å²) in [7, 11) is -1.27. The standard InChI is InChI=1S/C5H14BNO2/c1-4(2)5(3-7)6(8)9/h4-5,8-9H,3,7H2,1-2H3. The summed E-state index contributed by atoms with van der Waals surface area (Å²) in [5.74, 6) is 0.0417. The van der Waals surface area contributed by atoms with Gasteiger partial charge in [0.25, 0.3) is 0 Å². The van der Waals surface area contributed by atoms with Gasteiger partial charge in [-0.15, -0.1) is 0 Å². The number of rotatable bonds is 3. The van der Waals surface area contributed by atoms with E-state index in [1.165, 1.54) is 0 Å². The first-order valence-electron chi connectivity index (χ1n) is 3.15. The van der Waals surface area contributed by atoms with Gasteiger partial charge in [-0.05, 0) is 12.5 Å². The Hall–Kier alpha value is -0.0551. The molecule has 4 heteroatoms. The van der Waals surface area contributed by atoms with Gasteiger partial charge in [-0.25, -0.2) is 0 Å². The third-order valence-corrected chi connectivity index (χ3v) is 1.51. The molecule has 54 valence electrons. The van der Waals surface area contributed by atoms with Crippen molar-refractivity contribution in [1.82, 2.24) is 0 Å². The van der Waals surface area contributed by atoms with Crippen molar-refractivity contribution < 1.29 is 10.0 Å². The van der Waals surface area contributed by atoms with Gasteiger partial charge >= 0.3 is 7.12 Å². The largest absolute Gasteiger partial charge is 0.456 e. The molecule has 0 spiro atoms. The minimum absolute atomic E-state index is 0.190. The van der Waals surface area contributed by atoms with Crippen molar-refractivity contribution in [2.24, 2.45) is 11.7 Å². The lowest BCUT2D eigenvalue weighted by molar-refractivity contribution is 0.361. The first kappa shape index (κ1) is 8.94. The number of hydrogen-bond acceptors (Lipinski definition) is 3. The molecular weight excluding hydrogens is 117 g/mol. The maximum Gasteiger partial charge on any atom is 0.456 e. The van der Waals surface area contributed by atoms with Crippen LogP contribution in [-0.4, -0.2) is 23.7 Å². The molecule has 0 saturated carbocycles. The first-order valence-corrected chi connectivity index (χ1v) is 3.15. The average Bonchev–Trinajstić information content (AvgIpc) is 1.64. The summed E-state index contributed by atoms with van der Waals surface area (Å²) in [5.41, 5.74) is 5.25. The molecule has 0 saturated heterocycles. The van der Waals surface area contributed by atoms with E-state index < -0.39 is 7.12 Å². The van der Waals surface area contributed by atoms with E-state index in [1.807, 2.05) is 13.8 Å². The van der Waals surface area contributed by atoms with Crippen molar-refractivity contribution in [3.05, 3.63) is 0 Å². The zero-order valence-electron chi connectivity index (χ0n) is 5.91. The molecule has 0 fully saturated rings. The van der Waals surface area contributed by atoms with Crippen LogP contribution in [0.4, 0.5) is 0 Å². The molecule has 0 radical (unpaired) electrons. The Morgan fingerprint density at radius 3 is 1.89 bits per heavy atom. The maximum absolute atomic E-state index is 8.66. The average molecular weight is 131 g/mol. The van der Waals surface area contributed by atoms with Crippen LogP contribution in [0.3, 0.4) is 0 Å². The predicted molar refractivity (Wildman–Crippen MR) is 37.8 cm³/mol. The molecular formula is C5H14BNO2. The minimum atomic E-state index is -1.27. The lowest BCUT2D eigenvalue weighted by atomic mass is 9.67. The van der Waals surface area contributed by atoms with E-state index in [0.29, 0.717) is 6.54 Å². The lowest BCUT2D eigenvalue weighted by Crippen LogP contribution is -2.30. The summed E-state index contributed by atoms with van der Waals surface area (Å²) in [6.45, 7) is 4.16. The monoisotopic (exact) mass is 131 g/mol. The smallest absolute Gasteiger partial charge is 0.427 e. The Morgan fingerprint density at radius 1 is 1.44 bits per heavy atom. The van der Waals surface area contributed by atoms with Gasteiger partial charge in [0.15, 0.2) is 0 Å². The fourth-order valence-electron chi connectivity index (χ4n) is 0.738. The van der Waals surface area contributed by atoms with Crippen LogP contribution in [0, 0.1) is 5.92 Å². The molecule has 0 aromatic carbocycles. The van der Waals surface area contributed by atoms with Crippen molar-refractivity contribution in [2.75, 3.05) is 6.54 Å². The fraction of sp³-hybridized carbons (Fsp3) is 1.00. The molecule has 0 aliphatic heterocycles. The Labute approximate surface area is 56.0 Å². The zero-order valence-corrected chi connectivity index (χ0v) is 5.91. The highest BCUT2D eigenvalue weighted by molar-refractivity contribution is 6.43. The normalized spacial score (nSPS) is 14.0. The Bertz CT molecular complexity index is 69.4. The minimum Gasteiger partial charge on any atom is -0.427 e. The third-order valence-electron chi connectivity index (χ3n) is 1.51. The molecule has 0 heterocycles. The molecule has 0 aliphatic rings. The Balaban J connectivity index is 3.68. The molecule has 0 aromatic heterocycles. The second-order valence-corrected chi connectivity index (χ2v) is 2.56. The molecule has 9 heavy (non-hydrogen) atoms. The summed E-state index contributed by atoms with van der Waals surface area (Å²) in [4.78, 5) is 0. The number of nitrogens with two attached hydrogens (primary N) is 1. The van der Waals surface area contributed by atoms with E-state index in [2.05, 4.69) is 0 Å². The van der Waals surface area contributed by atoms with Crippen LogP contribution in [0.5, 0.6) is 0 Å². The molecule has 1 unspecified atom stereocenters. The predicted octanol–water partition coefficient (Wildman–Crippen LogP) is -0.556. The van der Waals surface area contributed by atoms with E-state index in [9.17, 15) is 0 Å². The Kier molecular flexibility index (Phi) is 3.85. The molecule has 0 amide bonds. The summed E-state index contributed by atoms with van der Waals surface area (Å²) < 4.78 is 0. The van der Waals surface area contributed by atoms with Gasteiger partial charge in [-0.1, -0.05) is 13.8 Å². The van der Waals surface area contributed by atoms with Crippen molar-refractivity contribution in [3.8, 4) is 0 Å². The van der Waals surface area contributed by atoms with Gasteiger partial charge in [0.2, 0.25) is 0 Å². The summed E-state index contributed by atoms with van der Waals surface area (Å²) in [6, 6.07) is 0. The van der Waals surface area contributed by atoms with E-state index in [-0.39, 0.29) is 11.7 Å². The maximum atomic E-state index is 8.66. The lowest BCUT2D eigenvalue weighted by Gasteiger charge is -2.16. The molecule has 0 bridgehead atoms.